The Morgan fingerprint density at radius 2 is 1.74 bits per heavy atom. The average molecular weight is 539 g/mol. The van der Waals surface area contributed by atoms with Crippen molar-refractivity contribution >= 4 is 21.6 Å². The maximum atomic E-state index is 13.7. The third-order valence-electron chi connectivity index (χ3n) is 6.45. The van der Waals surface area contributed by atoms with Gasteiger partial charge in [-0.25, -0.2) is 8.42 Å². The second-order valence-electron chi connectivity index (χ2n) is 9.74. The molecule has 200 valence electrons. The summed E-state index contributed by atoms with van der Waals surface area (Å²) in [5, 5.41) is 3.03. The van der Waals surface area contributed by atoms with Gasteiger partial charge >= 0.3 is 0 Å². The normalized spacial score (nSPS) is 17.5. The molecule has 38 heavy (non-hydrogen) atoms. The number of nitrogens with one attached hydrogen (secondary N) is 1. The molecule has 0 fully saturated rings. The lowest BCUT2D eigenvalue weighted by molar-refractivity contribution is -0.120. The van der Waals surface area contributed by atoms with Gasteiger partial charge in [-0.1, -0.05) is 18.2 Å². The molecule has 1 atom stereocenters. The van der Waals surface area contributed by atoms with Crippen LogP contribution in [0.5, 0.6) is 23.0 Å². The zero-order chi connectivity index (χ0) is 26.9. The highest BCUT2D eigenvalue weighted by Crippen LogP contribution is 2.41. The van der Waals surface area contributed by atoms with Crippen LogP contribution < -0.4 is 28.6 Å². The van der Waals surface area contributed by atoms with Gasteiger partial charge < -0.3 is 24.3 Å². The summed E-state index contributed by atoms with van der Waals surface area (Å²) in [6.07, 6.45) is 0.507. The van der Waals surface area contributed by atoms with Crippen LogP contribution in [0.3, 0.4) is 0 Å². The molecule has 2 heterocycles. The molecule has 10 heteroatoms. The van der Waals surface area contributed by atoms with E-state index in [0.717, 1.165) is 9.87 Å². The van der Waals surface area contributed by atoms with Crippen LogP contribution in [0, 0.1) is 0 Å². The third-order valence-corrected chi connectivity index (χ3v) is 8.23. The van der Waals surface area contributed by atoms with Gasteiger partial charge in [-0.3, -0.25) is 9.10 Å². The lowest BCUT2D eigenvalue weighted by atomic mass is 9.89. The van der Waals surface area contributed by atoms with Crippen LogP contribution in [0.1, 0.15) is 31.9 Å². The van der Waals surface area contributed by atoms with E-state index in [1.54, 1.807) is 55.6 Å². The van der Waals surface area contributed by atoms with Gasteiger partial charge in [-0.15, -0.1) is 0 Å². The highest BCUT2D eigenvalue weighted by Gasteiger charge is 2.36. The Morgan fingerprint density at radius 3 is 2.47 bits per heavy atom. The van der Waals surface area contributed by atoms with Gasteiger partial charge in [0.15, 0.2) is 11.5 Å². The summed E-state index contributed by atoms with van der Waals surface area (Å²) < 4.78 is 51.3. The van der Waals surface area contributed by atoms with Crippen LogP contribution in [0.2, 0.25) is 0 Å². The molecule has 1 N–H and O–H groups in total. The number of carbonyl (C=O) groups is 1. The summed E-state index contributed by atoms with van der Waals surface area (Å²) in [4.78, 5) is 13.5. The summed E-state index contributed by atoms with van der Waals surface area (Å²) in [6.45, 7) is 4.22. The quantitative estimate of drug-likeness (QED) is 0.484. The van der Waals surface area contributed by atoms with Crippen molar-refractivity contribution in [3.8, 4) is 23.0 Å². The largest absolute Gasteiger partial charge is 0.497 e. The zero-order valence-electron chi connectivity index (χ0n) is 21.5. The Kier molecular flexibility index (Phi) is 6.83. The first-order valence-corrected chi connectivity index (χ1v) is 13.7. The van der Waals surface area contributed by atoms with Crippen LogP contribution in [0.25, 0.3) is 0 Å². The standard InChI is InChI=1S/C28H30N2O7S/c1-28(2)17-23(22-11-10-20(34-3)16-25(22)37-28)29-27(31)18-30(38(32,33)21-7-5-4-6-8-21)19-9-12-24-26(15-19)36-14-13-35-24/h4-12,15-16,23H,13-14,17-18H2,1-3H3,(H,29,31). The first-order chi connectivity index (χ1) is 18.2. The minimum Gasteiger partial charge on any atom is -0.497 e. The second kappa shape index (κ2) is 10.1. The van der Waals surface area contributed by atoms with E-state index < -0.39 is 28.1 Å². The summed E-state index contributed by atoms with van der Waals surface area (Å²) in [6, 6.07) is 17.9. The van der Waals surface area contributed by atoms with Crippen molar-refractivity contribution in [3.63, 3.8) is 0 Å². The number of ether oxygens (including phenoxy) is 4. The Hall–Kier alpha value is -3.92. The maximum absolute atomic E-state index is 13.7. The van der Waals surface area contributed by atoms with E-state index in [2.05, 4.69) is 5.32 Å². The second-order valence-corrected chi connectivity index (χ2v) is 11.6. The van der Waals surface area contributed by atoms with E-state index in [1.807, 2.05) is 19.9 Å². The van der Waals surface area contributed by atoms with Gasteiger partial charge in [0.2, 0.25) is 5.91 Å². The topological polar surface area (TPSA) is 103 Å². The average Bonchev–Trinajstić information content (AvgIpc) is 2.91. The first kappa shape index (κ1) is 25.7. The molecule has 9 nitrogen and oxygen atoms in total. The number of anilines is 1. The van der Waals surface area contributed by atoms with Crippen molar-refractivity contribution in [2.24, 2.45) is 0 Å². The highest BCUT2D eigenvalue weighted by molar-refractivity contribution is 7.92. The molecular weight excluding hydrogens is 508 g/mol. The van der Waals surface area contributed by atoms with Gasteiger partial charge in [-0.2, -0.15) is 0 Å². The number of fused-ring (bicyclic) bond motifs is 2. The third kappa shape index (κ3) is 5.22. The number of sulfonamides is 1. The maximum Gasteiger partial charge on any atom is 0.264 e. The number of rotatable bonds is 7. The molecule has 0 aromatic heterocycles. The Labute approximate surface area is 222 Å². The molecule has 0 saturated carbocycles. The predicted octanol–water partition coefficient (Wildman–Crippen LogP) is 4.08. The van der Waals surface area contributed by atoms with Crippen molar-refractivity contribution in [1.82, 2.24) is 5.32 Å². The number of benzene rings is 3. The van der Waals surface area contributed by atoms with Crippen LogP contribution in [-0.4, -0.2) is 46.8 Å². The molecular formula is C28H30N2O7S. The van der Waals surface area contributed by atoms with Gasteiger partial charge in [0.05, 0.1) is 23.7 Å². The van der Waals surface area contributed by atoms with Gasteiger partial charge in [-0.05, 0) is 50.2 Å². The molecule has 3 aromatic rings. The fourth-order valence-corrected chi connectivity index (χ4v) is 6.11. The Bertz CT molecular complexity index is 1440. The van der Waals surface area contributed by atoms with Crippen molar-refractivity contribution < 1.29 is 32.2 Å². The van der Waals surface area contributed by atoms with Crippen LogP contribution in [0.15, 0.2) is 71.6 Å². The molecule has 5 rings (SSSR count). The number of methoxy groups -OCH3 is 1. The van der Waals surface area contributed by atoms with E-state index in [-0.39, 0.29) is 10.9 Å². The molecule has 0 spiro atoms. The minimum absolute atomic E-state index is 0.0762. The SMILES string of the molecule is COc1ccc2c(c1)OC(C)(C)CC2NC(=O)CN(c1ccc2c(c1)OCCO2)S(=O)(=O)c1ccccc1. The molecule has 1 unspecified atom stereocenters. The smallest absolute Gasteiger partial charge is 0.264 e. The predicted molar refractivity (Wildman–Crippen MR) is 142 cm³/mol. The number of nitrogens with zero attached hydrogens (tertiary/aromatic N) is 1. The summed E-state index contributed by atoms with van der Waals surface area (Å²) in [5.74, 6) is 1.76. The van der Waals surface area contributed by atoms with Crippen LogP contribution >= 0.6 is 0 Å². The number of hydrogen-bond donors (Lipinski definition) is 1. The zero-order valence-corrected chi connectivity index (χ0v) is 22.3. The van der Waals surface area contributed by atoms with Crippen molar-refractivity contribution in [2.45, 2.75) is 36.8 Å². The van der Waals surface area contributed by atoms with E-state index in [1.165, 1.54) is 12.1 Å². The number of carbonyl (C=O) groups excluding carboxylic acids is 1. The summed E-state index contributed by atoms with van der Waals surface area (Å²) in [5.41, 5.74) is 0.545. The van der Waals surface area contributed by atoms with E-state index >= 15 is 0 Å². The molecule has 0 bridgehead atoms. The van der Waals surface area contributed by atoms with Gasteiger partial charge in [0, 0.05) is 24.1 Å². The molecule has 0 aliphatic carbocycles. The molecule has 2 aliphatic heterocycles. The molecule has 2 aliphatic rings. The minimum atomic E-state index is -4.07. The Balaban J connectivity index is 1.46. The fraction of sp³-hybridized carbons (Fsp3) is 0.321. The lowest BCUT2D eigenvalue weighted by Gasteiger charge is -2.38. The number of hydrogen-bond acceptors (Lipinski definition) is 7. The molecule has 3 aromatic carbocycles. The van der Waals surface area contributed by atoms with Gasteiger partial charge in [0.25, 0.3) is 10.0 Å². The lowest BCUT2D eigenvalue weighted by Crippen LogP contribution is -2.45. The molecule has 0 saturated heterocycles. The van der Waals surface area contributed by atoms with Crippen molar-refractivity contribution in [2.75, 3.05) is 31.2 Å². The molecule has 0 radical (unpaired) electrons. The van der Waals surface area contributed by atoms with Crippen LogP contribution in [0.4, 0.5) is 5.69 Å². The monoisotopic (exact) mass is 538 g/mol. The summed E-state index contributed by atoms with van der Waals surface area (Å²) >= 11 is 0. The Morgan fingerprint density at radius 1 is 1.00 bits per heavy atom. The first-order valence-electron chi connectivity index (χ1n) is 12.3. The van der Waals surface area contributed by atoms with Crippen molar-refractivity contribution in [3.05, 3.63) is 72.3 Å². The molecule has 1 amide bonds. The van der Waals surface area contributed by atoms with E-state index in [0.29, 0.717) is 48.3 Å². The fourth-order valence-electron chi connectivity index (χ4n) is 4.68. The van der Waals surface area contributed by atoms with Crippen LogP contribution in [-0.2, 0) is 14.8 Å². The van der Waals surface area contributed by atoms with E-state index in [9.17, 15) is 13.2 Å². The van der Waals surface area contributed by atoms with Crippen molar-refractivity contribution in [1.29, 1.82) is 0 Å². The van der Waals surface area contributed by atoms with Gasteiger partial charge in [0.1, 0.15) is 36.9 Å². The number of amides is 1. The summed E-state index contributed by atoms with van der Waals surface area (Å²) in [7, 11) is -2.50. The van der Waals surface area contributed by atoms with E-state index in [4.69, 9.17) is 18.9 Å². The highest BCUT2D eigenvalue weighted by atomic mass is 32.2.